The molecule has 1 nitrogen and oxygen atoms in total. The molecule has 0 spiro atoms. The summed E-state index contributed by atoms with van der Waals surface area (Å²) in [5, 5.41) is 3.50. The van der Waals surface area contributed by atoms with Gasteiger partial charge < -0.3 is 5.32 Å². The summed E-state index contributed by atoms with van der Waals surface area (Å²) in [6.45, 7) is 1.15. The van der Waals surface area contributed by atoms with E-state index in [1.165, 1.54) is 31.4 Å². The van der Waals surface area contributed by atoms with Gasteiger partial charge in [-0.05, 0) is 43.5 Å². The average Bonchev–Trinajstić information content (AvgIpc) is 2.33. The molecule has 2 rings (SSSR count). The Morgan fingerprint density at radius 1 is 1.24 bits per heavy atom. The predicted octanol–water partition coefficient (Wildman–Crippen LogP) is 3.79. The lowest BCUT2D eigenvalue weighted by Gasteiger charge is -2.21. The SMILES string of the molecule is Cl.Fc1ccc(/C=C/CC2CCCCN2)cc1. The zero-order chi connectivity index (χ0) is 11.2. The topological polar surface area (TPSA) is 12.0 Å². The summed E-state index contributed by atoms with van der Waals surface area (Å²) in [7, 11) is 0. The summed E-state index contributed by atoms with van der Waals surface area (Å²) in [6, 6.07) is 7.24. The minimum atomic E-state index is -0.175. The molecule has 1 aromatic rings. The van der Waals surface area contributed by atoms with Crippen LogP contribution in [0.3, 0.4) is 0 Å². The van der Waals surface area contributed by atoms with E-state index in [4.69, 9.17) is 0 Å². The highest BCUT2D eigenvalue weighted by molar-refractivity contribution is 5.85. The quantitative estimate of drug-likeness (QED) is 0.867. The second-order valence-electron chi connectivity index (χ2n) is 4.34. The third kappa shape index (κ3) is 4.88. The van der Waals surface area contributed by atoms with E-state index in [9.17, 15) is 4.39 Å². The first-order chi connectivity index (χ1) is 7.84. The minimum absolute atomic E-state index is 0. The second-order valence-corrected chi connectivity index (χ2v) is 4.34. The van der Waals surface area contributed by atoms with E-state index in [0.717, 1.165) is 18.5 Å². The molecule has 3 heteroatoms. The largest absolute Gasteiger partial charge is 0.314 e. The van der Waals surface area contributed by atoms with Gasteiger partial charge in [-0.15, -0.1) is 12.4 Å². The van der Waals surface area contributed by atoms with E-state index in [0.29, 0.717) is 6.04 Å². The Morgan fingerprint density at radius 2 is 2.00 bits per heavy atom. The van der Waals surface area contributed by atoms with Crippen LogP contribution in [0.4, 0.5) is 4.39 Å². The molecule has 1 unspecified atom stereocenters. The Morgan fingerprint density at radius 3 is 2.65 bits per heavy atom. The third-order valence-corrected chi connectivity index (χ3v) is 3.01. The van der Waals surface area contributed by atoms with Gasteiger partial charge in [-0.3, -0.25) is 0 Å². The summed E-state index contributed by atoms with van der Waals surface area (Å²) < 4.78 is 12.7. The smallest absolute Gasteiger partial charge is 0.123 e. The standard InChI is InChI=1S/C14H18FN.ClH/c15-13-9-7-12(8-10-13)4-3-6-14-5-1-2-11-16-14;/h3-4,7-10,14,16H,1-2,5-6,11H2;1H/b4-3+;. The van der Waals surface area contributed by atoms with Crippen LogP contribution in [-0.2, 0) is 0 Å². The Bertz CT molecular complexity index is 342. The van der Waals surface area contributed by atoms with Gasteiger partial charge in [-0.25, -0.2) is 4.39 Å². The van der Waals surface area contributed by atoms with Gasteiger partial charge in [0.2, 0.25) is 0 Å². The van der Waals surface area contributed by atoms with E-state index in [1.807, 2.05) is 0 Å². The summed E-state index contributed by atoms with van der Waals surface area (Å²) in [5.74, 6) is -0.175. The maximum Gasteiger partial charge on any atom is 0.123 e. The van der Waals surface area contributed by atoms with Crippen molar-refractivity contribution in [1.29, 1.82) is 0 Å². The van der Waals surface area contributed by atoms with Gasteiger partial charge in [0.05, 0.1) is 0 Å². The van der Waals surface area contributed by atoms with Crippen molar-refractivity contribution in [2.24, 2.45) is 0 Å². The molecule has 1 atom stereocenters. The van der Waals surface area contributed by atoms with Crippen LogP contribution in [0.2, 0.25) is 0 Å². The molecule has 1 saturated heterocycles. The molecule has 0 aromatic heterocycles. The maximum atomic E-state index is 12.7. The normalized spacial score (nSPS) is 20.2. The third-order valence-electron chi connectivity index (χ3n) is 3.01. The Labute approximate surface area is 109 Å². The van der Waals surface area contributed by atoms with Crippen LogP contribution < -0.4 is 5.32 Å². The van der Waals surface area contributed by atoms with Gasteiger partial charge in [-0.1, -0.05) is 30.7 Å². The number of benzene rings is 1. The molecule has 0 radical (unpaired) electrons. The van der Waals surface area contributed by atoms with Crippen LogP contribution in [0.1, 0.15) is 31.2 Å². The Hall–Kier alpha value is -0.860. The first-order valence-electron chi connectivity index (χ1n) is 6.00. The van der Waals surface area contributed by atoms with Crippen molar-refractivity contribution in [3.8, 4) is 0 Å². The molecule has 1 heterocycles. The van der Waals surface area contributed by atoms with Crippen LogP contribution in [0.15, 0.2) is 30.3 Å². The molecule has 0 amide bonds. The van der Waals surface area contributed by atoms with E-state index >= 15 is 0 Å². The average molecular weight is 256 g/mol. The van der Waals surface area contributed by atoms with Crippen molar-refractivity contribution >= 4 is 18.5 Å². The molecule has 0 aliphatic carbocycles. The van der Waals surface area contributed by atoms with Crippen molar-refractivity contribution in [3.05, 3.63) is 41.7 Å². The highest BCUT2D eigenvalue weighted by atomic mass is 35.5. The zero-order valence-electron chi connectivity index (χ0n) is 9.86. The van der Waals surface area contributed by atoms with Crippen LogP contribution in [-0.4, -0.2) is 12.6 Å². The molecule has 0 bridgehead atoms. The van der Waals surface area contributed by atoms with Crippen LogP contribution in [0.5, 0.6) is 0 Å². The highest BCUT2D eigenvalue weighted by Crippen LogP contribution is 2.12. The summed E-state index contributed by atoms with van der Waals surface area (Å²) in [4.78, 5) is 0. The number of halogens is 2. The minimum Gasteiger partial charge on any atom is -0.314 e. The van der Waals surface area contributed by atoms with Gasteiger partial charge >= 0.3 is 0 Å². The van der Waals surface area contributed by atoms with E-state index in [1.54, 1.807) is 12.1 Å². The van der Waals surface area contributed by atoms with Gasteiger partial charge in [-0.2, -0.15) is 0 Å². The molecule has 1 fully saturated rings. The lowest BCUT2D eigenvalue weighted by Crippen LogP contribution is -2.33. The fourth-order valence-corrected chi connectivity index (χ4v) is 2.07. The second kappa shape index (κ2) is 7.46. The summed E-state index contributed by atoms with van der Waals surface area (Å²) >= 11 is 0. The summed E-state index contributed by atoms with van der Waals surface area (Å²) in [6.07, 6.45) is 9.22. The first kappa shape index (κ1) is 14.2. The monoisotopic (exact) mass is 255 g/mol. The lowest BCUT2D eigenvalue weighted by atomic mass is 10.0. The molecule has 1 aliphatic heterocycles. The fourth-order valence-electron chi connectivity index (χ4n) is 2.07. The van der Waals surface area contributed by atoms with Crippen molar-refractivity contribution in [2.75, 3.05) is 6.54 Å². The van der Waals surface area contributed by atoms with Gasteiger partial charge in [0, 0.05) is 6.04 Å². The van der Waals surface area contributed by atoms with E-state index in [-0.39, 0.29) is 18.2 Å². The van der Waals surface area contributed by atoms with Crippen molar-refractivity contribution < 1.29 is 4.39 Å². The van der Waals surface area contributed by atoms with Gasteiger partial charge in [0.15, 0.2) is 0 Å². The molecular weight excluding hydrogens is 237 g/mol. The lowest BCUT2D eigenvalue weighted by molar-refractivity contribution is 0.404. The van der Waals surface area contributed by atoms with Crippen LogP contribution in [0.25, 0.3) is 6.08 Å². The molecule has 0 saturated carbocycles. The van der Waals surface area contributed by atoms with E-state index in [2.05, 4.69) is 17.5 Å². The number of rotatable bonds is 3. The molecule has 94 valence electrons. The van der Waals surface area contributed by atoms with Gasteiger partial charge in [0.1, 0.15) is 5.82 Å². The van der Waals surface area contributed by atoms with E-state index < -0.39 is 0 Å². The number of hydrogen-bond acceptors (Lipinski definition) is 1. The van der Waals surface area contributed by atoms with Crippen molar-refractivity contribution in [2.45, 2.75) is 31.7 Å². The molecular formula is C14H19ClFN. The first-order valence-corrected chi connectivity index (χ1v) is 6.00. The van der Waals surface area contributed by atoms with Crippen LogP contribution >= 0.6 is 12.4 Å². The molecule has 1 N–H and O–H groups in total. The Balaban J connectivity index is 0.00000144. The number of hydrogen-bond donors (Lipinski definition) is 1. The number of nitrogens with one attached hydrogen (secondary N) is 1. The van der Waals surface area contributed by atoms with Crippen molar-refractivity contribution in [3.63, 3.8) is 0 Å². The molecule has 17 heavy (non-hydrogen) atoms. The summed E-state index contributed by atoms with van der Waals surface area (Å²) in [5.41, 5.74) is 1.07. The van der Waals surface area contributed by atoms with Crippen LogP contribution in [0, 0.1) is 5.82 Å². The fraction of sp³-hybridized carbons (Fsp3) is 0.429. The Kier molecular flexibility index (Phi) is 6.23. The van der Waals surface area contributed by atoms with Gasteiger partial charge in [0.25, 0.3) is 0 Å². The zero-order valence-corrected chi connectivity index (χ0v) is 10.7. The van der Waals surface area contributed by atoms with Crippen molar-refractivity contribution in [1.82, 2.24) is 5.32 Å². The predicted molar refractivity (Wildman–Crippen MR) is 72.9 cm³/mol. The molecule has 1 aromatic carbocycles. The maximum absolute atomic E-state index is 12.7. The highest BCUT2D eigenvalue weighted by Gasteiger charge is 2.09. The number of piperidine rings is 1. The molecule has 1 aliphatic rings.